The van der Waals surface area contributed by atoms with E-state index in [-0.39, 0.29) is 12.1 Å². The fourth-order valence-corrected chi connectivity index (χ4v) is 4.63. The number of hydrogen-bond donors (Lipinski definition) is 1. The van der Waals surface area contributed by atoms with Crippen molar-refractivity contribution in [2.75, 3.05) is 31.6 Å². The third kappa shape index (κ3) is 4.61. The number of thiazole rings is 1. The number of anilines is 1. The van der Waals surface area contributed by atoms with Crippen LogP contribution in [0.1, 0.15) is 46.9 Å². The number of hydrogen-bond acceptors (Lipinski definition) is 4. The molecule has 0 radical (unpaired) electrons. The van der Waals surface area contributed by atoms with Gasteiger partial charge in [-0.05, 0) is 51.7 Å². The van der Waals surface area contributed by atoms with Crippen LogP contribution in [0.3, 0.4) is 0 Å². The van der Waals surface area contributed by atoms with Gasteiger partial charge < -0.3 is 15.1 Å². The van der Waals surface area contributed by atoms with Gasteiger partial charge in [-0.15, -0.1) is 11.3 Å². The molecule has 0 saturated carbocycles. The summed E-state index contributed by atoms with van der Waals surface area (Å²) in [6.45, 7) is 8.87. The molecule has 0 unspecified atom stereocenters. The van der Waals surface area contributed by atoms with Crippen molar-refractivity contribution in [3.63, 3.8) is 0 Å². The molecule has 0 fully saturated rings. The highest BCUT2D eigenvalue weighted by molar-refractivity contribution is 7.11. The number of nitrogens with one attached hydrogen (secondary N) is 1. The first kappa shape index (κ1) is 19.7. The first-order valence-electron chi connectivity index (χ1n) is 9.75. The van der Waals surface area contributed by atoms with Crippen molar-refractivity contribution in [2.24, 2.45) is 0 Å². The molecule has 1 aliphatic heterocycles. The number of aromatic nitrogens is 1. The zero-order valence-electron chi connectivity index (χ0n) is 16.8. The van der Waals surface area contributed by atoms with Crippen LogP contribution in [0.25, 0.3) is 0 Å². The number of aryl methyl sites for hydroxylation is 3. The number of carbonyl (C=O) groups is 1. The Morgan fingerprint density at radius 3 is 2.89 bits per heavy atom. The summed E-state index contributed by atoms with van der Waals surface area (Å²) >= 11 is 1.68. The number of amides is 2. The molecule has 2 amide bonds. The van der Waals surface area contributed by atoms with Crippen molar-refractivity contribution in [3.05, 3.63) is 45.4 Å². The second-order valence-electron chi connectivity index (χ2n) is 7.27. The molecule has 0 aliphatic carbocycles. The molecule has 0 saturated heterocycles. The van der Waals surface area contributed by atoms with Crippen molar-refractivity contribution < 1.29 is 4.79 Å². The van der Waals surface area contributed by atoms with Gasteiger partial charge in [0.15, 0.2) is 0 Å². The van der Waals surface area contributed by atoms with Crippen molar-refractivity contribution in [2.45, 2.75) is 46.1 Å². The third-order valence-corrected chi connectivity index (χ3v) is 6.23. The van der Waals surface area contributed by atoms with Crippen molar-refractivity contribution >= 4 is 23.1 Å². The Hall–Kier alpha value is -2.08. The predicted octanol–water partition coefficient (Wildman–Crippen LogP) is 4.31. The van der Waals surface area contributed by atoms with Crippen LogP contribution in [-0.4, -0.2) is 42.6 Å². The van der Waals surface area contributed by atoms with Gasteiger partial charge in [-0.2, -0.15) is 0 Å². The first-order valence-corrected chi connectivity index (χ1v) is 10.6. The number of nitrogens with zero attached hydrogens (tertiary/aromatic N) is 3. The Kier molecular flexibility index (Phi) is 6.37. The summed E-state index contributed by atoms with van der Waals surface area (Å²) in [7, 11) is 1.84. The van der Waals surface area contributed by atoms with E-state index in [4.69, 9.17) is 0 Å². The topological polar surface area (TPSA) is 48.5 Å². The Morgan fingerprint density at radius 2 is 2.15 bits per heavy atom. The Labute approximate surface area is 166 Å². The summed E-state index contributed by atoms with van der Waals surface area (Å²) in [5.74, 6) is 0. The highest BCUT2D eigenvalue weighted by Crippen LogP contribution is 2.27. The van der Waals surface area contributed by atoms with Crippen LogP contribution in [0.4, 0.5) is 10.5 Å². The van der Waals surface area contributed by atoms with E-state index in [9.17, 15) is 4.79 Å². The molecule has 5 nitrogen and oxygen atoms in total. The van der Waals surface area contributed by atoms with Gasteiger partial charge in [0.25, 0.3) is 0 Å². The SMILES string of the molecule is Cc1nc([C@H](C)N(C)C(=O)NCCCN2CCCc3ccccc32)c(C)s1. The van der Waals surface area contributed by atoms with Gasteiger partial charge >= 0.3 is 6.03 Å². The normalized spacial score (nSPS) is 14.6. The summed E-state index contributed by atoms with van der Waals surface area (Å²) in [5.41, 5.74) is 3.80. The van der Waals surface area contributed by atoms with Crippen LogP contribution in [0.5, 0.6) is 0 Å². The van der Waals surface area contributed by atoms with Crippen LogP contribution in [0, 0.1) is 13.8 Å². The quantitative estimate of drug-likeness (QED) is 0.753. The Bertz CT molecular complexity index is 788. The molecule has 2 heterocycles. The maximum Gasteiger partial charge on any atom is 0.317 e. The maximum absolute atomic E-state index is 12.5. The van der Waals surface area contributed by atoms with E-state index >= 15 is 0 Å². The Balaban J connectivity index is 1.47. The van der Waals surface area contributed by atoms with Gasteiger partial charge in [0.1, 0.15) is 0 Å². The zero-order chi connectivity index (χ0) is 19.4. The first-order chi connectivity index (χ1) is 13.0. The van der Waals surface area contributed by atoms with Crippen molar-refractivity contribution in [3.8, 4) is 0 Å². The average Bonchev–Trinajstić information content (AvgIpc) is 3.02. The largest absolute Gasteiger partial charge is 0.371 e. The third-order valence-electron chi connectivity index (χ3n) is 5.32. The fraction of sp³-hybridized carbons (Fsp3) is 0.524. The van der Waals surface area contributed by atoms with Crippen LogP contribution >= 0.6 is 11.3 Å². The minimum atomic E-state index is -0.0356. The number of para-hydroxylation sites is 1. The molecule has 2 aromatic rings. The molecule has 0 spiro atoms. The van der Waals surface area contributed by atoms with E-state index in [0.29, 0.717) is 6.54 Å². The molecule has 27 heavy (non-hydrogen) atoms. The fourth-order valence-electron chi connectivity index (χ4n) is 3.73. The Morgan fingerprint density at radius 1 is 1.37 bits per heavy atom. The highest BCUT2D eigenvalue weighted by atomic mass is 32.1. The molecule has 6 heteroatoms. The van der Waals surface area contributed by atoms with Gasteiger partial charge in [-0.1, -0.05) is 18.2 Å². The standard InChI is InChI=1S/C21H30N4OS/c1-15(20-16(2)27-17(3)23-20)24(4)21(26)22-12-8-14-25-13-7-10-18-9-5-6-11-19(18)25/h5-6,9,11,15H,7-8,10,12-14H2,1-4H3,(H,22,26)/t15-/m0/s1. The number of fused-ring (bicyclic) bond motifs is 1. The van der Waals surface area contributed by atoms with Crippen molar-refractivity contribution in [1.82, 2.24) is 15.2 Å². The number of urea groups is 1. The van der Waals surface area contributed by atoms with Crippen molar-refractivity contribution in [1.29, 1.82) is 0 Å². The second-order valence-corrected chi connectivity index (χ2v) is 8.67. The van der Waals surface area contributed by atoms with E-state index in [1.807, 2.05) is 20.9 Å². The lowest BCUT2D eigenvalue weighted by Crippen LogP contribution is -2.40. The molecule has 1 aliphatic rings. The van der Waals surface area contributed by atoms with Gasteiger partial charge in [0, 0.05) is 37.2 Å². The molecule has 1 aromatic carbocycles. The molecule has 1 aromatic heterocycles. The molecule has 0 bridgehead atoms. The number of benzene rings is 1. The monoisotopic (exact) mass is 386 g/mol. The summed E-state index contributed by atoms with van der Waals surface area (Å²) in [6.07, 6.45) is 3.31. The van der Waals surface area contributed by atoms with Gasteiger partial charge in [-0.25, -0.2) is 9.78 Å². The molecule has 1 N–H and O–H groups in total. The van der Waals surface area contributed by atoms with Crippen LogP contribution < -0.4 is 10.2 Å². The van der Waals surface area contributed by atoms with Crippen LogP contribution in [0.15, 0.2) is 24.3 Å². The lowest BCUT2D eigenvalue weighted by atomic mass is 10.0. The van der Waals surface area contributed by atoms with E-state index in [1.165, 1.54) is 29.0 Å². The molecule has 146 valence electrons. The van der Waals surface area contributed by atoms with Crippen LogP contribution in [0.2, 0.25) is 0 Å². The average molecular weight is 387 g/mol. The predicted molar refractivity (Wildman–Crippen MR) is 113 cm³/mol. The molecule has 3 rings (SSSR count). The van der Waals surface area contributed by atoms with Gasteiger partial charge in [0.05, 0.1) is 16.7 Å². The smallest absolute Gasteiger partial charge is 0.317 e. The lowest BCUT2D eigenvalue weighted by molar-refractivity contribution is 0.193. The number of rotatable bonds is 6. The number of carbonyl (C=O) groups excluding carboxylic acids is 1. The highest BCUT2D eigenvalue weighted by Gasteiger charge is 2.21. The summed E-state index contributed by atoms with van der Waals surface area (Å²) in [6, 6.07) is 8.60. The van der Waals surface area contributed by atoms with Gasteiger partial charge in [-0.3, -0.25) is 0 Å². The maximum atomic E-state index is 12.5. The lowest BCUT2D eigenvalue weighted by Gasteiger charge is -2.31. The molecular weight excluding hydrogens is 356 g/mol. The van der Waals surface area contributed by atoms with E-state index in [1.54, 1.807) is 16.2 Å². The summed E-state index contributed by atoms with van der Waals surface area (Å²) in [4.78, 5) is 22.5. The summed E-state index contributed by atoms with van der Waals surface area (Å²) in [5, 5.41) is 4.11. The van der Waals surface area contributed by atoms with E-state index < -0.39 is 0 Å². The zero-order valence-corrected chi connectivity index (χ0v) is 17.6. The van der Waals surface area contributed by atoms with Gasteiger partial charge in [0.2, 0.25) is 0 Å². The van der Waals surface area contributed by atoms with E-state index in [2.05, 4.69) is 46.4 Å². The minimum Gasteiger partial charge on any atom is -0.371 e. The molecule has 1 atom stereocenters. The summed E-state index contributed by atoms with van der Waals surface area (Å²) < 4.78 is 0. The van der Waals surface area contributed by atoms with Crippen LogP contribution in [-0.2, 0) is 6.42 Å². The second kappa shape index (κ2) is 8.74. The van der Waals surface area contributed by atoms with E-state index in [0.717, 1.165) is 30.2 Å². The minimum absolute atomic E-state index is 0.0241. The molecular formula is C21H30N4OS.